The summed E-state index contributed by atoms with van der Waals surface area (Å²) < 4.78 is 43.5. The molecule has 0 aromatic rings. The molecule has 3 nitrogen and oxygen atoms in total. The van der Waals surface area contributed by atoms with Crippen molar-refractivity contribution in [2.24, 2.45) is 5.41 Å². The highest BCUT2D eigenvalue weighted by Crippen LogP contribution is 2.51. The van der Waals surface area contributed by atoms with Crippen LogP contribution >= 0.6 is 0 Å². The van der Waals surface area contributed by atoms with Crippen LogP contribution in [-0.2, 0) is 9.53 Å². The molecule has 3 atom stereocenters. The van der Waals surface area contributed by atoms with Gasteiger partial charge in [0.15, 0.2) is 0 Å². The van der Waals surface area contributed by atoms with Crippen molar-refractivity contribution >= 4 is 5.91 Å². The maximum Gasteiger partial charge on any atom is 0.471 e. The second-order valence-corrected chi connectivity index (χ2v) is 6.27. The van der Waals surface area contributed by atoms with Gasteiger partial charge >= 0.3 is 12.1 Å². The average molecular weight is 265 g/mol. The first-order valence-electron chi connectivity index (χ1n) is 6.03. The maximum absolute atomic E-state index is 12.5. The molecule has 1 amide bonds. The molecule has 0 N–H and O–H groups in total. The summed E-state index contributed by atoms with van der Waals surface area (Å²) in [5.41, 5.74) is -0.950. The molecule has 2 fully saturated rings. The van der Waals surface area contributed by atoms with E-state index in [9.17, 15) is 18.0 Å². The number of carbonyl (C=O) groups is 1. The van der Waals surface area contributed by atoms with Gasteiger partial charge < -0.3 is 9.64 Å². The zero-order chi connectivity index (χ0) is 13.9. The normalized spacial score (nSPS) is 36.3. The minimum atomic E-state index is -4.80. The van der Waals surface area contributed by atoms with Gasteiger partial charge in [-0.3, -0.25) is 4.79 Å². The van der Waals surface area contributed by atoms with Crippen LogP contribution in [-0.4, -0.2) is 41.3 Å². The molecule has 0 radical (unpaired) electrons. The number of nitrogens with zero attached hydrogens (tertiary/aromatic N) is 1. The molecule has 2 aliphatic heterocycles. The molecule has 2 aliphatic rings. The van der Waals surface area contributed by atoms with Gasteiger partial charge in [-0.2, -0.15) is 13.2 Å². The minimum Gasteiger partial charge on any atom is -0.367 e. The van der Waals surface area contributed by atoms with E-state index < -0.39 is 23.7 Å². The van der Waals surface area contributed by atoms with E-state index in [4.69, 9.17) is 4.74 Å². The third kappa shape index (κ3) is 1.81. The first kappa shape index (κ1) is 13.6. The molecule has 6 heteroatoms. The molecule has 2 heterocycles. The second kappa shape index (κ2) is 3.62. The van der Waals surface area contributed by atoms with E-state index in [1.807, 2.05) is 20.8 Å². The van der Waals surface area contributed by atoms with Gasteiger partial charge in [-0.05, 0) is 12.3 Å². The molecule has 0 aromatic heterocycles. The highest BCUT2D eigenvalue weighted by Gasteiger charge is 2.63. The lowest BCUT2D eigenvalue weighted by Crippen LogP contribution is -2.56. The Labute approximate surface area is 104 Å². The number of ether oxygens (including phenoxy) is 1. The van der Waals surface area contributed by atoms with Crippen LogP contribution in [0.1, 0.15) is 34.1 Å². The largest absolute Gasteiger partial charge is 0.471 e. The van der Waals surface area contributed by atoms with Crippen LogP contribution in [0.2, 0.25) is 0 Å². The van der Waals surface area contributed by atoms with E-state index in [0.717, 1.165) is 4.90 Å². The number of likely N-dealkylation sites (tertiary alicyclic amines) is 1. The van der Waals surface area contributed by atoms with Gasteiger partial charge in [0.25, 0.3) is 0 Å². The molecular weight excluding hydrogens is 247 g/mol. The lowest BCUT2D eigenvalue weighted by atomic mass is 9.76. The zero-order valence-corrected chi connectivity index (χ0v) is 11.0. The summed E-state index contributed by atoms with van der Waals surface area (Å²) >= 11 is 0. The summed E-state index contributed by atoms with van der Waals surface area (Å²) in [4.78, 5) is 12.4. The van der Waals surface area contributed by atoms with Crippen molar-refractivity contribution in [3.05, 3.63) is 0 Å². The first-order chi connectivity index (χ1) is 7.98. The van der Waals surface area contributed by atoms with E-state index in [2.05, 4.69) is 0 Å². The molecule has 18 heavy (non-hydrogen) atoms. The van der Waals surface area contributed by atoms with Crippen LogP contribution in [0, 0.1) is 5.41 Å². The molecule has 104 valence electrons. The van der Waals surface area contributed by atoms with Crippen molar-refractivity contribution in [1.29, 1.82) is 0 Å². The van der Waals surface area contributed by atoms with Crippen molar-refractivity contribution in [2.75, 3.05) is 6.54 Å². The van der Waals surface area contributed by atoms with Gasteiger partial charge in [0.2, 0.25) is 0 Å². The van der Waals surface area contributed by atoms with Crippen molar-refractivity contribution in [1.82, 2.24) is 4.90 Å². The Balaban J connectivity index is 2.28. The monoisotopic (exact) mass is 265 g/mol. The van der Waals surface area contributed by atoms with Gasteiger partial charge in [-0.15, -0.1) is 0 Å². The summed E-state index contributed by atoms with van der Waals surface area (Å²) in [5, 5.41) is 0. The van der Waals surface area contributed by atoms with Crippen LogP contribution in [0.4, 0.5) is 13.2 Å². The number of amides is 1. The fourth-order valence-electron chi connectivity index (χ4n) is 2.95. The number of fused-ring (bicyclic) bond motifs is 2. The molecule has 1 unspecified atom stereocenters. The quantitative estimate of drug-likeness (QED) is 0.673. The number of halogens is 3. The molecule has 2 rings (SSSR count). The summed E-state index contributed by atoms with van der Waals surface area (Å²) in [6.45, 7) is 7.56. The fourth-order valence-corrected chi connectivity index (χ4v) is 2.95. The van der Waals surface area contributed by atoms with Gasteiger partial charge in [-0.1, -0.05) is 20.8 Å². The molecule has 0 aromatic carbocycles. The number of morpholine rings is 1. The predicted molar refractivity (Wildman–Crippen MR) is 58.9 cm³/mol. The zero-order valence-electron chi connectivity index (χ0n) is 11.0. The predicted octanol–water partition coefficient (Wildman–Crippen LogP) is 2.35. The van der Waals surface area contributed by atoms with Crippen molar-refractivity contribution in [3.8, 4) is 0 Å². The summed E-state index contributed by atoms with van der Waals surface area (Å²) in [6.07, 6.45) is -4.66. The third-order valence-electron chi connectivity index (χ3n) is 4.19. The number of alkyl halides is 3. The number of carbonyl (C=O) groups excluding carboxylic acids is 1. The van der Waals surface area contributed by atoms with Gasteiger partial charge in [0.05, 0.1) is 24.3 Å². The Kier molecular flexibility index (Phi) is 2.74. The van der Waals surface area contributed by atoms with Crippen molar-refractivity contribution in [2.45, 2.75) is 58.0 Å². The van der Waals surface area contributed by atoms with Crippen LogP contribution < -0.4 is 0 Å². The number of rotatable bonds is 0. The van der Waals surface area contributed by atoms with Crippen molar-refractivity contribution in [3.63, 3.8) is 0 Å². The van der Waals surface area contributed by atoms with Crippen LogP contribution in [0.25, 0.3) is 0 Å². The van der Waals surface area contributed by atoms with E-state index in [-0.39, 0.29) is 18.1 Å². The first-order valence-corrected chi connectivity index (χ1v) is 6.03. The van der Waals surface area contributed by atoms with E-state index in [0.29, 0.717) is 6.42 Å². The fraction of sp³-hybridized carbons (Fsp3) is 0.917. The summed E-state index contributed by atoms with van der Waals surface area (Å²) in [5.74, 6) is -1.74. The summed E-state index contributed by atoms with van der Waals surface area (Å²) in [6, 6.07) is -0.460. The van der Waals surface area contributed by atoms with Crippen LogP contribution in [0.5, 0.6) is 0 Å². The maximum atomic E-state index is 12.5. The average Bonchev–Trinajstić information content (AvgIpc) is 2.69. The lowest BCUT2D eigenvalue weighted by Gasteiger charge is -2.43. The molecule has 0 saturated carbocycles. The highest BCUT2D eigenvalue weighted by molar-refractivity contribution is 5.82. The molecular formula is C12H18F3NO2. The Morgan fingerprint density at radius 3 is 2.28 bits per heavy atom. The van der Waals surface area contributed by atoms with Crippen LogP contribution in [0.15, 0.2) is 0 Å². The van der Waals surface area contributed by atoms with E-state index in [1.54, 1.807) is 6.92 Å². The van der Waals surface area contributed by atoms with E-state index >= 15 is 0 Å². The van der Waals surface area contributed by atoms with Gasteiger partial charge in [0, 0.05) is 6.42 Å². The molecule has 0 aliphatic carbocycles. The topological polar surface area (TPSA) is 29.5 Å². The van der Waals surface area contributed by atoms with E-state index in [1.165, 1.54) is 0 Å². The minimum absolute atomic E-state index is 0.0316. The van der Waals surface area contributed by atoms with Crippen LogP contribution in [0.3, 0.4) is 0 Å². The number of hydrogen-bond donors (Lipinski definition) is 0. The standard InChI is InChI=1S/C12H18F3NO2/c1-7-8-5-11(18-7,10(2,3)4)6-16(8)9(17)12(13,14)15/h7-8H,5-6H2,1-4H3/t7-,8-,11?/m0/s1. The Morgan fingerprint density at radius 1 is 1.33 bits per heavy atom. The molecule has 2 bridgehead atoms. The highest BCUT2D eigenvalue weighted by atomic mass is 19.4. The van der Waals surface area contributed by atoms with Gasteiger partial charge in [-0.25, -0.2) is 0 Å². The second-order valence-electron chi connectivity index (χ2n) is 6.27. The SMILES string of the molecule is C[C@@H]1OC2(C(C)(C)C)C[C@@H]1N(C(=O)C(F)(F)F)C2. The summed E-state index contributed by atoms with van der Waals surface area (Å²) in [7, 11) is 0. The lowest BCUT2D eigenvalue weighted by molar-refractivity contribution is -0.199. The molecule has 0 spiro atoms. The Bertz CT molecular complexity index is 374. The van der Waals surface area contributed by atoms with Gasteiger partial charge in [0.1, 0.15) is 0 Å². The number of hydrogen-bond acceptors (Lipinski definition) is 2. The smallest absolute Gasteiger partial charge is 0.367 e. The Morgan fingerprint density at radius 2 is 1.89 bits per heavy atom. The molecule has 2 saturated heterocycles. The third-order valence-corrected chi connectivity index (χ3v) is 4.19. The Hall–Kier alpha value is -0.780. The van der Waals surface area contributed by atoms with Crippen molar-refractivity contribution < 1.29 is 22.7 Å².